The number of rotatable bonds is 7. The molecule has 1 heterocycles. The number of hydrogen-bond donors (Lipinski definition) is 1. The van der Waals surface area contributed by atoms with E-state index >= 15 is 0 Å². The van der Waals surface area contributed by atoms with Crippen molar-refractivity contribution < 1.29 is 0 Å². The first-order valence-corrected chi connectivity index (χ1v) is 6.25. The van der Waals surface area contributed by atoms with Crippen LogP contribution in [0.5, 0.6) is 0 Å². The van der Waals surface area contributed by atoms with Crippen LogP contribution in [0.1, 0.15) is 33.1 Å². The summed E-state index contributed by atoms with van der Waals surface area (Å²) >= 11 is 0. The maximum absolute atomic E-state index is 11.5. The Hall–Kier alpha value is -1.51. The highest BCUT2D eigenvalue weighted by atomic mass is 16.1. The van der Waals surface area contributed by atoms with Gasteiger partial charge in [-0.05, 0) is 32.3 Å². The zero-order chi connectivity index (χ0) is 12.7. The molecule has 94 valence electrons. The fourth-order valence-corrected chi connectivity index (χ4v) is 1.76. The van der Waals surface area contributed by atoms with E-state index in [4.69, 9.17) is 0 Å². The van der Waals surface area contributed by atoms with Crippen LogP contribution in [-0.2, 0) is 6.54 Å². The van der Waals surface area contributed by atoms with E-state index < -0.39 is 0 Å². The summed E-state index contributed by atoms with van der Waals surface area (Å²) < 4.78 is 1.75. The van der Waals surface area contributed by atoms with Gasteiger partial charge in [0, 0.05) is 24.8 Å². The molecule has 0 fully saturated rings. The second kappa shape index (κ2) is 6.94. The molecule has 0 bridgehead atoms. The number of anilines is 1. The van der Waals surface area contributed by atoms with Crippen molar-refractivity contribution in [3.05, 3.63) is 41.3 Å². The fourth-order valence-electron chi connectivity index (χ4n) is 1.76. The van der Waals surface area contributed by atoms with Crippen molar-refractivity contribution in [1.29, 1.82) is 0 Å². The van der Waals surface area contributed by atoms with E-state index in [0.29, 0.717) is 6.04 Å². The van der Waals surface area contributed by atoms with Crippen LogP contribution < -0.4 is 10.9 Å². The standard InChI is InChI=1S/C14H22N2O/c1-4-6-7-12(3)15-13-8-9-14(17)16(11-13)10-5-2/h4,8-9,11-12,15H,1,5-7,10H2,2-3H3. The van der Waals surface area contributed by atoms with E-state index in [9.17, 15) is 4.79 Å². The van der Waals surface area contributed by atoms with Crippen molar-refractivity contribution in [2.24, 2.45) is 0 Å². The van der Waals surface area contributed by atoms with Gasteiger partial charge in [0.05, 0.1) is 5.69 Å². The van der Waals surface area contributed by atoms with Gasteiger partial charge in [-0.3, -0.25) is 4.79 Å². The predicted molar refractivity (Wildman–Crippen MR) is 73.5 cm³/mol. The first kappa shape index (κ1) is 13.6. The van der Waals surface area contributed by atoms with Crippen LogP contribution in [0, 0.1) is 0 Å². The van der Waals surface area contributed by atoms with Gasteiger partial charge in [-0.1, -0.05) is 13.0 Å². The SMILES string of the molecule is C=CCCC(C)Nc1ccc(=O)n(CCC)c1. The lowest BCUT2D eigenvalue weighted by molar-refractivity contribution is 0.651. The largest absolute Gasteiger partial charge is 0.381 e. The van der Waals surface area contributed by atoms with Crippen LogP contribution in [0.15, 0.2) is 35.8 Å². The normalized spacial score (nSPS) is 12.1. The molecule has 3 nitrogen and oxygen atoms in total. The summed E-state index contributed by atoms with van der Waals surface area (Å²) in [5, 5.41) is 3.40. The zero-order valence-electron chi connectivity index (χ0n) is 10.8. The molecule has 1 aromatic rings. The lowest BCUT2D eigenvalue weighted by Gasteiger charge is -2.15. The monoisotopic (exact) mass is 234 g/mol. The summed E-state index contributed by atoms with van der Waals surface area (Å²) in [5.74, 6) is 0. The van der Waals surface area contributed by atoms with Crippen molar-refractivity contribution in [1.82, 2.24) is 4.57 Å². The maximum Gasteiger partial charge on any atom is 0.250 e. The Morgan fingerprint density at radius 1 is 1.53 bits per heavy atom. The maximum atomic E-state index is 11.5. The molecule has 1 unspecified atom stereocenters. The third-order valence-corrected chi connectivity index (χ3v) is 2.66. The van der Waals surface area contributed by atoms with E-state index in [1.165, 1.54) is 0 Å². The van der Waals surface area contributed by atoms with Gasteiger partial charge in [-0.25, -0.2) is 0 Å². The highest BCUT2D eigenvalue weighted by Crippen LogP contribution is 2.09. The minimum absolute atomic E-state index is 0.0659. The molecule has 3 heteroatoms. The lowest BCUT2D eigenvalue weighted by atomic mass is 10.2. The molecular weight excluding hydrogens is 212 g/mol. The first-order chi connectivity index (χ1) is 8.17. The van der Waals surface area contributed by atoms with Crippen LogP contribution in [0.2, 0.25) is 0 Å². The molecule has 0 amide bonds. The van der Waals surface area contributed by atoms with Crippen molar-refractivity contribution in [2.75, 3.05) is 5.32 Å². The molecule has 0 saturated carbocycles. The summed E-state index contributed by atoms with van der Waals surface area (Å²) in [6, 6.07) is 3.86. The van der Waals surface area contributed by atoms with Crippen LogP contribution >= 0.6 is 0 Å². The van der Waals surface area contributed by atoms with Crippen LogP contribution in [0.4, 0.5) is 5.69 Å². The Labute approximate surface area is 103 Å². The molecule has 0 radical (unpaired) electrons. The van der Waals surface area contributed by atoms with Gasteiger partial charge >= 0.3 is 0 Å². The van der Waals surface area contributed by atoms with E-state index in [1.54, 1.807) is 10.6 Å². The summed E-state index contributed by atoms with van der Waals surface area (Å²) in [5.41, 5.74) is 1.07. The summed E-state index contributed by atoms with van der Waals surface area (Å²) in [7, 11) is 0. The Morgan fingerprint density at radius 2 is 2.29 bits per heavy atom. The highest BCUT2D eigenvalue weighted by Gasteiger charge is 2.02. The third kappa shape index (κ3) is 4.47. The van der Waals surface area contributed by atoms with E-state index in [0.717, 1.165) is 31.5 Å². The molecule has 1 N–H and O–H groups in total. The number of aryl methyl sites for hydroxylation is 1. The number of nitrogens with one attached hydrogen (secondary N) is 1. The van der Waals surface area contributed by atoms with Crippen LogP contribution in [-0.4, -0.2) is 10.6 Å². The molecule has 1 rings (SSSR count). The summed E-state index contributed by atoms with van der Waals surface area (Å²) in [6.07, 6.45) is 6.85. The van der Waals surface area contributed by atoms with Gasteiger partial charge in [0.2, 0.25) is 0 Å². The Morgan fingerprint density at radius 3 is 2.94 bits per heavy atom. The van der Waals surface area contributed by atoms with Gasteiger partial charge in [-0.15, -0.1) is 6.58 Å². The lowest BCUT2D eigenvalue weighted by Crippen LogP contribution is -2.21. The molecule has 1 aromatic heterocycles. The second-order valence-electron chi connectivity index (χ2n) is 4.36. The molecule has 1 atom stereocenters. The van der Waals surface area contributed by atoms with Gasteiger partial charge in [0.25, 0.3) is 5.56 Å². The average molecular weight is 234 g/mol. The zero-order valence-corrected chi connectivity index (χ0v) is 10.8. The van der Waals surface area contributed by atoms with Crippen LogP contribution in [0.25, 0.3) is 0 Å². The fraction of sp³-hybridized carbons (Fsp3) is 0.500. The summed E-state index contributed by atoms with van der Waals surface area (Å²) in [6.45, 7) is 8.70. The van der Waals surface area contributed by atoms with Crippen molar-refractivity contribution in [3.8, 4) is 0 Å². The molecule has 0 aliphatic rings. The van der Waals surface area contributed by atoms with Crippen molar-refractivity contribution >= 4 is 5.69 Å². The number of hydrogen-bond acceptors (Lipinski definition) is 2. The van der Waals surface area contributed by atoms with E-state index in [1.807, 2.05) is 18.3 Å². The molecule has 0 spiro atoms. The minimum atomic E-state index is 0.0659. The highest BCUT2D eigenvalue weighted by molar-refractivity contribution is 5.41. The number of nitrogens with zero attached hydrogens (tertiary/aromatic N) is 1. The molecule has 0 aliphatic carbocycles. The number of pyridine rings is 1. The smallest absolute Gasteiger partial charge is 0.250 e. The van der Waals surface area contributed by atoms with Crippen molar-refractivity contribution in [3.63, 3.8) is 0 Å². The molecule has 0 aromatic carbocycles. The van der Waals surface area contributed by atoms with Crippen LogP contribution in [0.3, 0.4) is 0 Å². The Balaban J connectivity index is 2.68. The minimum Gasteiger partial charge on any atom is -0.381 e. The first-order valence-electron chi connectivity index (χ1n) is 6.25. The number of allylic oxidation sites excluding steroid dienone is 1. The third-order valence-electron chi connectivity index (χ3n) is 2.66. The van der Waals surface area contributed by atoms with Gasteiger partial charge in [-0.2, -0.15) is 0 Å². The molecule has 0 saturated heterocycles. The van der Waals surface area contributed by atoms with Gasteiger partial charge < -0.3 is 9.88 Å². The average Bonchev–Trinajstić information content (AvgIpc) is 2.31. The molecular formula is C14H22N2O. The summed E-state index contributed by atoms with van der Waals surface area (Å²) in [4.78, 5) is 11.5. The Kier molecular flexibility index (Phi) is 5.53. The molecule has 17 heavy (non-hydrogen) atoms. The van der Waals surface area contributed by atoms with Crippen molar-refractivity contribution in [2.45, 2.75) is 45.7 Å². The van der Waals surface area contributed by atoms with E-state index in [-0.39, 0.29) is 5.56 Å². The number of aromatic nitrogens is 1. The van der Waals surface area contributed by atoms with Gasteiger partial charge in [0.1, 0.15) is 0 Å². The van der Waals surface area contributed by atoms with Gasteiger partial charge in [0.15, 0.2) is 0 Å². The molecule has 0 aliphatic heterocycles. The predicted octanol–water partition coefficient (Wildman–Crippen LogP) is 3.02. The van der Waals surface area contributed by atoms with E-state index in [2.05, 4.69) is 25.7 Å². The second-order valence-corrected chi connectivity index (χ2v) is 4.36. The topological polar surface area (TPSA) is 34.0 Å². The Bertz CT molecular complexity index is 409. The quantitative estimate of drug-likeness (QED) is 0.736.